The van der Waals surface area contributed by atoms with Crippen LogP contribution in [0.5, 0.6) is 0 Å². The molecule has 1 heterocycles. The second-order valence-corrected chi connectivity index (χ2v) is 9.86. The van der Waals surface area contributed by atoms with Gasteiger partial charge in [0.2, 0.25) is 0 Å². The fraction of sp³-hybridized carbons (Fsp3) is 0. The van der Waals surface area contributed by atoms with Crippen molar-refractivity contribution in [3.63, 3.8) is 0 Å². The lowest BCUT2D eigenvalue weighted by molar-refractivity contribution is 0.631. The summed E-state index contributed by atoms with van der Waals surface area (Å²) in [5.41, 5.74) is 9.99. The highest BCUT2D eigenvalue weighted by Crippen LogP contribution is 2.39. The monoisotopic (exact) mass is 513 g/mol. The molecule has 190 valence electrons. The molecule has 40 heavy (non-hydrogen) atoms. The van der Waals surface area contributed by atoms with Crippen molar-refractivity contribution in [1.82, 2.24) is 0 Å². The fourth-order valence-corrected chi connectivity index (χ4v) is 5.24. The number of anilines is 3. The molecule has 0 unspecified atom stereocenters. The lowest BCUT2D eigenvalue weighted by Crippen LogP contribution is -2.10. The van der Waals surface area contributed by atoms with Crippen LogP contribution in [0.15, 0.2) is 168 Å². The highest BCUT2D eigenvalue weighted by Gasteiger charge is 2.15. The molecule has 0 spiro atoms. The first kappa shape index (κ1) is 23.8. The molecule has 7 aromatic rings. The molecule has 0 saturated heterocycles. The fourth-order valence-electron chi connectivity index (χ4n) is 5.24. The van der Waals surface area contributed by atoms with Gasteiger partial charge < -0.3 is 9.32 Å². The van der Waals surface area contributed by atoms with Crippen molar-refractivity contribution >= 4 is 28.0 Å². The highest BCUT2D eigenvalue weighted by atomic mass is 16.3. The van der Waals surface area contributed by atoms with E-state index >= 15 is 0 Å². The number of para-hydroxylation sites is 1. The zero-order valence-electron chi connectivity index (χ0n) is 21.9. The molecule has 0 atom stereocenters. The van der Waals surface area contributed by atoms with Gasteiger partial charge in [-0.25, -0.2) is 0 Å². The van der Waals surface area contributed by atoms with E-state index in [1.165, 1.54) is 22.3 Å². The van der Waals surface area contributed by atoms with E-state index in [0.717, 1.165) is 39.4 Å². The van der Waals surface area contributed by atoms with Gasteiger partial charge in [0.15, 0.2) is 0 Å². The van der Waals surface area contributed by atoms with Crippen LogP contribution in [0.2, 0.25) is 0 Å². The van der Waals surface area contributed by atoms with E-state index in [9.17, 15) is 0 Å². The third-order valence-electron chi connectivity index (χ3n) is 7.28. The standard InChI is InChI=1S/C38H27NO/c1-3-10-28(11-4-1)30-18-22-34(23-19-30)39(35-24-20-31(21-25-35)29-12-5-2-6-13-29)36-16-9-15-32(26-36)38-27-33-14-7-8-17-37(33)40-38/h1-27H. The quantitative estimate of drug-likeness (QED) is 0.220. The Hall–Kier alpha value is -5.34. The minimum absolute atomic E-state index is 0.863. The molecule has 0 radical (unpaired) electrons. The average molecular weight is 514 g/mol. The van der Waals surface area contributed by atoms with E-state index in [0.29, 0.717) is 0 Å². The maximum atomic E-state index is 6.21. The van der Waals surface area contributed by atoms with E-state index in [-0.39, 0.29) is 0 Å². The molecule has 0 bridgehead atoms. The van der Waals surface area contributed by atoms with Gasteiger partial charge in [-0.2, -0.15) is 0 Å². The Labute approximate surface area is 234 Å². The summed E-state index contributed by atoms with van der Waals surface area (Å²) >= 11 is 0. The van der Waals surface area contributed by atoms with E-state index in [4.69, 9.17) is 4.42 Å². The number of hydrogen-bond acceptors (Lipinski definition) is 2. The minimum Gasteiger partial charge on any atom is -0.456 e. The number of benzene rings is 6. The van der Waals surface area contributed by atoms with Gasteiger partial charge in [-0.05, 0) is 70.8 Å². The summed E-state index contributed by atoms with van der Waals surface area (Å²) in [5.74, 6) is 0.863. The second kappa shape index (κ2) is 10.4. The first-order valence-corrected chi connectivity index (χ1v) is 13.5. The van der Waals surface area contributed by atoms with E-state index in [1.54, 1.807) is 0 Å². The zero-order chi connectivity index (χ0) is 26.7. The summed E-state index contributed by atoms with van der Waals surface area (Å²) in [4.78, 5) is 2.30. The third kappa shape index (κ3) is 4.68. The largest absolute Gasteiger partial charge is 0.456 e. The summed E-state index contributed by atoms with van der Waals surface area (Å²) in [7, 11) is 0. The number of hydrogen-bond donors (Lipinski definition) is 0. The summed E-state index contributed by atoms with van der Waals surface area (Å²) in [5, 5.41) is 1.10. The minimum atomic E-state index is 0.863. The molecule has 0 saturated carbocycles. The van der Waals surface area contributed by atoms with Gasteiger partial charge in [-0.1, -0.05) is 115 Å². The number of nitrogens with zero attached hydrogens (tertiary/aromatic N) is 1. The maximum Gasteiger partial charge on any atom is 0.135 e. The Kier molecular flexibility index (Phi) is 6.20. The molecule has 2 heteroatoms. The van der Waals surface area contributed by atoms with Crippen molar-refractivity contribution in [2.24, 2.45) is 0 Å². The lowest BCUT2D eigenvalue weighted by atomic mass is 10.0. The van der Waals surface area contributed by atoms with Gasteiger partial charge in [-0.3, -0.25) is 0 Å². The Bertz CT molecular complexity index is 1750. The first-order valence-electron chi connectivity index (χ1n) is 13.5. The van der Waals surface area contributed by atoms with Crippen molar-refractivity contribution in [1.29, 1.82) is 0 Å². The Morgan fingerprint density at radius 2 is 0.850 bits per heavy atom. The predicted molar refractivity (Wildman–Crippen MR) is 167 cm³/mol. The smallest absolute Gasteiger partial charge is 0.135 e. The van der Waals surface area contributed by atoms with Crippen molar-refractivity contribution in [2.45, 2.75) is 0 Å². The second-order valence-electron chi connectivity index (χ2n) is 9.86. The number of furan rings is 1. The van der Waals surface area contributed by atoms with Crippen LogP contribution < -0.4 is 4.90 Å². The molecule has 0 fully saturated rings. The molecule has 0 amide bonds. The Balaban J connectivity index is 1.31. The average Bonchev–Trinajstić information content (AvgIpc) is 3.48. The van der Waals surface area contributed by atoms with Crippen LogP contribution in [0.3, 0.4) is 0 Å². The van der Waals surface area contributed by atoms with Crippen molar-refractivity contribution in [3.8, 4) is 33.6 Å². The molecule has 0 aliphatic rings. The van der Waals surface area contributed by atoms with Gasteiger partial charge in [0.05, 0.1) is 0 Å². The molecule has 2 nitrogen and oxygen atoms in total. The molecule has 1 aromatic heterocycles. The van der Waals surface area contributed by atoms with Gasteiger partial charge >= 0.3 is 0 Å². The van der Waals surface area contributed by atoms with Crippen molar-refractivity contribution in [3.05, 3.63) is 164 Å². The van der Waals surface area contributed by atoms with E-state index < -0.39 is 0 Å². The number of rotatable bonds is 6. The Morgan fingerprint density at radius 1 is 0.350 bits per heavy atom. The maximum absolute atomic E-state index is 6.21. The normalized spacial score (nSPS) is 11.0. The van der Waals surface area contributed by atoms with Gasteiger partial charge in [0, 0.05) is 28.0 Å². The van der Waals surface area contributed by atoms with Gasteiger partial charge in [0.1, 0.15) is 11.3 Å². The molecule has 7 rings (SSSR count). The summed E-state index contributed by atoms with van der Waals surface area (Å²) in [6, 6.07) is 57.4. The summed E-state index contributed by atoms with van der Waals surface area (Å²) < 4.78 is 6.21. The van der Waals surface area contributed by atoms with Crippen molar-refractivity contribution in [2.75, 3.05) is 4.90 Å². The molecule has 0 N–H and O–H groups in total. The first-order chi connectivity index (χ1) is 19.8. The van der Waals surface area contributed by atoms with Crippen LogP contribution in [0, 0.1) is 0 Å². The van der Waals surface area contributed by atoms with E-state index in [2.05, 4.69) is 138 Å². The van der Waals surface area contributed by atoms with Crippen LogP contribution in [0.1, 0.15) is 0 Å². The highest BCUT2D eigenvalue weighted by molar-refractivity contribution is 5.85. The lowest BCUT2D eigenvalue weighted by Gasteiger charge is -2.26. The molecule has 0 aliphatic heterocycles. The summed E-state index contributed by atoms with van der Waals surface area (Å²) in [6.45, 7) is 0. The van der Waals surface area contributed by atoms with Gasteiger partial charge in [-0.15, -0.1) is 0 Å². The SMILES string of the molecule is c1ccc(-c2ccc(N(c3ccc(-c4ccccc4)cc3)c3cccc(-c4cc5ccccc5o4)c3)cc2)cc1. The molecular weight excluding hydrogens is 486 g/mol. The Morgan fingerprint density at radius 3 is 1.43 bits per heavy atom. The van der Waals surface area contributed by atoms with Crippen LogP contribution in [0.25, 0.3) is 44.5 Å². The van der Waals surface area contributed by atoms with Crippen molar-refractivity contribution < 1.29 is 4.42 Å². The van der Waals surface area contributed by atoms with Crippen LogP contribution in [-0.4, -0.2) is 0 Å². The topological polar surface area (TPSA) is 16.4 Å². The molecular formula is C38H27NO. The predicted octanol–water partition coefficient (Wildman–Crippen LogP) is 10.9. The third-order valence-corrected chi connectivity index (χ3v) is 7.28. The van der Waals surface area contributed by atoms with Crippen LogP contribution in [-0.2, 0) is 0 Å². The molecule has 0 aliphatic carbocycles. The zero-order valence-corrected chi connectivity index (χ0v) is 21.9. The van der Waals surface area contributed by atoms with Gasteiger partial charge in [0.25, 0.3) is 0 Å². The molecule has 6 aromatic carbocycles. The van der Waals surface area contributed by atoms with Crippen LogP contribution >= 0.6 is 0 Å². The summed E-state index contributed by atoms with van der Waals surface area (Å²) in [6.07, 6.45) is 0. The van der Waals surface area contributed by atoms with E-state index in [1.807, 2.05) is 30.3 Å². The van der Waals surface area contributed by atoms with Crippen LogP contribution in [0.4, 0.5) is 17.1 Å². The number of fused-ring (bicyclic) bond motifs is 1.